The number of rotatable bonds is 5. The zero-order valence-electron chi connectivity index (χ0n) is 14.0. The van der Waals surface area contributed by atoms with Gasteiger partial charge in [-0.3, -0.25) is 4.79 Å². The van der Waals surface area contributed by atoms with Crippen LogP contribution in [-0.2, 0) is 4.79 Å². The summed E-state index contributed by atoms with van der Waals surface area (Å²) in [6.45, 7) is 4.30. The van der Waals surface area contributed by atoms with Crippen molar-refractivity contribution in [2.45, 2.75) is 103 Å². The van der Waals surface area contributed by atoms with E-state index >= 15 is 0 Å². The maximum atomic E-state index is 13.0. The number of nitrogens with zero attached hydrogens (tertiary/aromatic N) is 1. The van der Waals surface area contributed by atoms with Crippen LogP contribution in [0.3, 0.4) is 0 Å². The maximum Gasteiger partial charge on any atom is 0.239 e. The summed E-state index contributed by atoms with van der Waals surface area (Å²) in [6.07, 6.45) is 13.4. The SMILES string of the molecule is CC(C)C[C@@H](N)C(=O)N(C1CCCCC1)C1CCCCC1. The number of carbonyl (C=O) groups is 1. The zero-order chi connectivity index (χ0) is 15.2. The molecule has 0 aromatic heterocycles. The summed E-state index contributed by atoms with van der Waals surface area (Å²) in [5.41, 5.74) is 6.24. The highest BCUT2D eigenvalue weighted by Crippen LogP contribution is 2.31. The summed E-state index contributed by atoms with van der Waals surface area (Å²) in [6, 6.07) is 0.633. The van der Waals surface area contributed by atoms with Crippen molar-refractivity contribution in [1.29, 1.82) is 0 Å². The Kier molecular flexibility index (Phi) is 6.53. The Morgan fingerprint density at radius 2 is 1.38 bits per heavy atom. The van der Waals surface area contributed by atoms with Crippen molar-refractivity contribution < 1.29 is 4.79 Å². The van der Waals surface area contributed by atoms with Gasteiger partial charge < -0.3 is 10.6 Å². The first-order chi connectivity index (χ1) is 10.1. The highest BCUT2D eigenvalue weighted by molar-refractivity contribution is 5.82. The van der Waals surface area contributed by atoms with Gasteiger partial charge in [0.1, 0.15) is 0 Å². The normalized spacial score (nSPS) is 23.2. The van der Waals surface area contributed by atoms with Crippen molar-refractivity contribution in [3.8, 4) is 0 Å². The Bertz CT molecular complexity index is 299. The van der Waals surface area contributed by atoms with Crippen molar-refractivity contribution in [3.05, 3.63) is 0 Å². The van der Waals surface area contributed by atoms with E-state index in [0.717, 1.165) is 6.42 Å². The summed E-state index contributed by atoms with van der Waals surface area (Å²) < 4.78 is 0. The second-order valence-electron chi connectivity index (χ2n) is 7.57. The van der Waals surface area contributed by atoms with Gasteiger partial charge in [-0.1, -0.05) is 52.4 Å². The van der Waals surface area contributed by atoms with E-state index in [-0.39, 0.29) is 11.9 Å². The first kappa shape index (κ1) is 16.8. The summed E-state index contributed by atoms with van der Waals surface area (Å²) in [5.74, 6) is 0.728. The lowest BCUT2D eigenvalue weighted by Crippen LogP contribution is -2.54. The summed E-state index contributed by atoms with van der Waals surface area (Å²) in [5, 5.41) is 0. The largest absolute Gasteiger partial charge is 0.335 e. The van der Waals surface area contributed by atoms with Gasteiger partial charge in [-0.25, -0.2) is 0 Å². The Hall–Kier alpha value is -0.570. The molecule has 0 radical (unpaired) electrons. The van der Waals surface area contributed by atoms with Gasteiger partial charge in [-0.15, -0.1) is 0 Å². The molecular formula is C18H34N2O. The molecule has 0 saturated heterocycles. The van der Waals surface area contributed by atoms with E-state index in [2.05, 4.69) is 18.7 Å². The number of amides is 1. The fraction of sp³-hybridized carbons (Fsp3) is 0.944. The quantitative estimate of drug-likeness (QED) is 0.837. The van der Waals surface area contributed by atoms with E-state index in [0.29, 0.717) is 18.0 Å². The monoisotopic (exact) mass is 294 g/mol. The molecule has 0 bridgehead atoms. The van der Waals surface area contributed by atoms with Gasteiger partial charge in [0.05, 0.1) is 6.04 Å². The third kappa shape index (κ3) is 4.70. The molecule has 2 rings (SSSR count). The van der Waals surface area contributed by atoms with E-state index in [1.807, 2.05) is 0 Å². The third-order valence-electron chi connectivity index (χ3n) is 5.23. The molecule has 2 saturated carbocycles. The molecule has 21 heavy (non-hydrogen) atoms. The molecule has 2 fully saturated rings. The van der Waals surface area contributed by atoms with Crippen molar-refractivity contribution in [2.75, 3.05) is 0 Å². The second-order valence-corrected chi connectivity index (χ2v) is 7.57. The van der Waals surface area contributed by atoms with Crippen LogP contribution in [0.25, 0.3) is 0 Å². The Balaban J connectivity index is 2.07. The lowest BCUT2D eigenvalue weighted by atomic mass is 9.87. The van der Waals surface area contributed by atoms with Gasteiger partial charge in [0, 0.05) is 12.1 Å². The Labute approximate surface area is 130 Å². The van der Waals surface area contributed by atoms with Crippen LogP contribution in [0.4, 0.5) is 0 Å². The molecule has 0 unspecified atom stereocenters. The van der Waals surface area contributed by atoms with Crippen LogP contribution in [0.2, 0.25) is 0 Å². The molecule has 1 atom stereocenters. The maximum absolute atomic E-state index is 13.0. The molecule has 122 valence electrons. The minimum Gasteiger partial charge on any atom is -0.335 e. The van der Waals surface area contributed by atoms with E-state index in [4.69, 9.17) is 5.73 Å². The van der Waals surface area contributed by atoms with Gasteiger partial charge in [-0.2, -0.15) is 0 Å². The van der Waals surface area contributed by atoms with Crippen molar-refractivity contribution >= 4 is 5.91 Å². The Morgan fingerprint density at radius 3 is 1.76 bits per heavy atom. The van der Waals surface area contributed by atoms with Crippen LogP contribution < -0.4 is 5.73 Å². The average molecular weight is 294 g/mol. The third-order valence-corrected chi connectivity index (χ3v) is 5.23. The van der Waals surface area contributed by atoms with E-state index < -0.39 is 0 Å². The molecule has 3 nitrogen and oxygen atoms in total. The van der Waals surface area contributed by atoms with E-state index in [9.17, 15) is 4.79 Å². The molecule has 0 aromatic carbocycles. The number of hydrogen-bond acceptors (Lipinski definition) is 2. The Morgan fingerprint density at radius 1 is 0.952 bits per heavy atom. The molecule has 0 aliphatic heterocycles. The highest BCUT2D eigenvalue weighted by atomic mass is 16.2. The molecule has 3 heteroatoms. The fourth-order valence-corrected chi connectivity index (χ4v) is 4.18. The minimum atomic E-state index is -0.297. The summed E-state index contributed by atoms with van der Waals surface area (Å²) in [4.78, 5) is 15.2. The molecular weight excluding hydrogens is 260 g/mol. The average Bonchev–Trinajstić information content (AvgIpc) is 2.49. The molecule has 0 spiro atoms. The second kappa shape index (κ2) is 8.17. The van der Waals surface area contributed by atoms with Crippen LogP contribution in [-0.4, -0.2) is 28.9 Å². The molecule has 2 aliphatic carbocycles. The fourth-order valence-electron chi connectivity index (χ4n) is 4.18. The molecule has 0 aromatic rings. The van der Waals surface area contributed by atoms with E-state index in [1.165, 1.54) is 64.2 Å². The van der Waals surface area contributed by atoms with Gasteiger partial charge in [0.15, 0.2) is 0 Å². The van der Waals surface area contributed by atoms with Gasteiger partial charge >= 0.3 is 0 Å². The summed E-state index contributed by atoms with van der Waals surface area (Å²) >= 11 is 0. The molecule has 0 heterocycles. The minimum absolute atomic E-state index is 0.238. The standard InChI is InChI=1S/C18H34N2O/c1-14(2)13-17(19)18(21)20(15-9-5-3-6-10-15)16-11-7-4-8-12-16/h14-17H,3-13,19H2,1-2H3/t17-/m1/s1. The topological polar surface area (TPSA) is 46.3 Å². The first-order valence-corrected chi connectivity index (χ1v) is 9.17. The van der Waals surface area contributed by atoms with Crippen LogP contribution in [0.1, 0.15) is 84.5 Å². The van der Waals surface area contributed by atoms with Crippen LogP contribution in [0.5, 0.6) is 0 Å². The van der Waals surface area contributed by atoms with Gasteiger partial charge in [0.2, 0.25) is 5.91 Å². The van der Waals surface area contributed by atoms with Crippen molar-refractivity contribution in [3.63, 3.8) is 0 Å². The molecule has 2 N–H and O–H groups in total. The first-order valence-electron chi connectivity index (χ1n) is 9.17. The van der Waals surface area contributed by atoms with E-state index in [1.54, 1.807) is 0 Å². The zero-order valence-corrected chi connectivity index (χ0v) is 14.0. The molecule has 2 aliphatic rings. The van der Waals surface area contributed by atoms with Crippen molar-refractivity contribution in [1.82, 2.24) is 4.90 Å². The lowest BCUT2D eigenvalue weighted by molar-refractivity contribution is -0.139. The van der Waals surface area contributed by atoms with Crippen LogP contribution in [0, 0.1) is 5.92 Å². The van der Waals surface area contributed by atoms with Gasteiger partial charge in [-0.05, 0) is 38.0 Å². The lowest BCUT2D eigenvalue weighted by Gasteiger charge is -2.43. The predicted octanol–water partition coefficient (Wildman–Crippen LogP) is 3.85. The summed E-state index contributed by atoms with van der Waals surface area (Å²) in [7, 11) is 0. The predicted molar refractivity (Wildman–Crippen MR) is 88.0 cm³/mol. The number of hydrogen-bond donors (Lipinski definition) is 1. The van der Waals surface area contributed by atoms with Gasteiger partial charge in [0.25, 0.3) is 0 Å². The highest BCUT2D eigenvalue weighted by Gasteiger charge is 2.34. The van der Waals surface area contributed by atoms with Crippen LogP contribution in [0.15, 0.2) is 0 Å². The number of carbonyl (C=O) groups excluding carboxylic acids is 1. The smallest absolute Gasteiger partial charge is 0.239 e. The van der Waals surface area contributed by atoms with Crippen LogP contribution >= 0.6 is 0 Å². The number of nitrogens with two attached hydrogens (primary N) is 1. The molecule has 1 amide bonds. The van der Waals surface area contributed by atoms with Crippen molar-refractivity contribution in [2.24, 2.45) is 11.7 Å².